The summed E-state index contributed by atoms with van der Waals surface area (Å²) >= 11 is 3.32. The lowest BCUT2D eigenvalue weighted by Gasteiger charge is -2.18. The zero-order valence-electron chi connectivity index (χ0n) is 13.2. The van der Waals surface area contributed by atoms with Gasteiger partial charge in [-0.15, -0.1) is 0 Å². The normalized spacial score (nSPS) is 11.6. The first kappa shape index (κ1) is 18.0. The Morgan fingerprint density at radius 1 is 1.21 bits per heavy atom. The van der Waals surface area contributed by atoms with Crippen molar-refractivity contribution in [2.75, 3.05) is 6.61 Å². The molecule has 24 heavy (non-hydrogen) atoms. The predicted molar refractivity (Wildman–Crippen MR) is 94.2 cm³/mol. The van der Waals surface area contributed by atoms with Gasteiger partial charge >= 0.3 is 5.97 Å². The third kappa shape index (κ3) is 5.09. The number of carboxylic acids is 1. The van der Waals surface area contributed by atoms with Crippen LogP contribution in [0.2, 0.25) is 0 Å². The second-order valence-corrected chi connectivity index (χ2v) is 6.05. The van der Waals surface area contributed by atoms with Crippen molar-refractivity contribution in [3.8, 4) is 5.75 Å². The quantitative estimate of drug-likeness (QED) is 0.752. The maximum Gasteiger partial charge on any atom is 0.305 e. The van der Waals surface area contributed by atoms with Crippen molar-refractivity contribution in [1.29, 1.82) is 0 Å². The van der Waals surface area contributed by atoms with Gasteiger partial charge in [-0.05, 0) is 42.8 Å². The summed E-state index contributed by atoms with van der Waals surface area (Å²) in [6.07, 6.45) is -0.201. The summed E-state index contributed by atoms with van der Waals surface area (Å²) < 4.78 is 6.16. The third-order valence-electron chi connectivity index (χ3n) is 3.36. The van der Waals surface area contributed by atoms with Crippen molar-refractivity contribution in [1.82, 2.24) is 5.32 Å². The minimum absolute atomic E-state index is 0.201. The van der Waals surface area contributed by atoms with Crippen LogP contribution in [0.25, 0.3) is 0 Å². The maximum atomic E-state index is 12.4. The van der Waals surface area contributed by atoms with Crippen LogP contribution in [-0.4, -0.2) is 23.6 Å². The number of aliphatic carboxylic acids is 1. The van der Waals surface area contributed by atoms with Gasteiger partial charge in [0.15, 0.2) is 0 Å². The van der Waals surface area contributed by atoms with E-state index in [0.717, 1.165) is 4.47 Å². The molecule has 0 spiro atoms. The zero-order chi connectivity index (χ0) is 17.5. The monoisotopic (exact) mass is 391 g/mol. The first-order chi connectivity index (χ1) is 11.5. The number of benzene rings is 2. The van der Waals surface area contributed by atoms with E-state index < -0.39 is 12.0 Å². The summed E-state index contributed by atoms with van der Waals surface area (Å²) in [5, 5.41) is 11.9. The molecule has 0 fully saturated rings. The molecular weight excluding hydrogens is 374 g/mol. The van der Waals surface area contributed by atoms with Gasteiger partial charge in [0.2, 0.25) is 0 Å². The van der Waals surface area contributed by atoms with Crippen LogP contribution in [0.4, 0.5) is 0 Å². The van der Waals surface area contributed by atoms with Crippen molar-refractivity contribution in [3.05, 3.63) is 64.1 Å². The Balaban J connectivity index is 2.18. The number of carbonyl (C=O) groups is 2. The average Bonchev–Trinajstić information content (AvgIpc) is 2.55. The van der Waals surface area contributed by atoms with Crippen molar-refractivity contribution in [2.45, 2.75) is 19.4 Å². The molecule has 2 rings (SSSR count). The van der Waals surface area contributed by atoms with Gasteiger partial charge in [0.25, 0.3) is 5.91 Å². The maximum absolute atomic E-state index is 12.4. The first-order valence-electron chi connectivity index (χ1n) is 7.50. The Kier molecular flexibility index (Phi) is 6.37. The number of hydrogen-bond acceptors (Lipinski definition) is 3. The van der Waals surface area contributed by atoms with Gasteiger partial charge in [-0.2, -0.15) is 0 Å². The lowest BCUT2D eigenvalue weighted by atomic mass is 10.0. The largest absolute Gasteiger partial charge is 0.494 e. The topological polar surface area (TPSA) is 75.6 Å². The van der Waals surface area contributed by atoms with Gasteiger partial charge in [0, 0.05) is 10.0 Å². The number of ether oxygens (including phenoxy) is 1. The summed E-state index contributed by atoms with van der Waals surface area (Å²) in [6, 6.07) is 13.4. The van der Waals surface area contributed by atoms with Crippen LogP contribution in [0.1, 0.15) is 35.3 Å². The van der Waals surface area contributed by atoms with Gasteiger partial charge in [-0.25, -0.2) is 0 Å². The van der Waals surface area contributed by atoms with Gasteiger partial charge in [0.05, 0.1) is 19.1 Å². The highest BCUT2D eigenvalue weighted by Crippen LogP contribution is 2.21. The molecule has 2 N–H and O–H groups in total. The van der Waals surface area contributed by atoms with Crippen molar-refractivity contribution < 1.29 is 19.4 Å². The number of hydrogen-bond donors (Lipinski definition) is 2. The van der Waals surface area contributed by atoms with Crippen LogP contribution in [0, 0.1) is 0 Å². The fourth-order valence-electron chi connectivity index (χ4n) is 2.26. The molecule has 0 aromatic heterocycles. The highest BCUT2D eigenvalue weighted by atomic mass is 79.9. The van der Waals surface area contributed by atoms with E-state index in [1.807, 2.05) is 13.0 Å². The molecule has 1 amide bonds. The lowest BCUT2D eigenvalue weighted by molar-refractivity contribution is -0.137. The van der Waals surface area contributed by atoms with Crippen LogP contribution in [0.15, 0.2) is 53.0 Å². The van der Waals surface area contributed by atoms with Crippen molar-refractivity contribution in [3.63, 3.8) is 0 Å². The second kappa shape index (κ2) is 8.49. The van der Waals surface area contributed by atoms with E-state index in [2.05, 4.69) is 21.2 Å². The zero-order valence-corrected chi connectivity index (χ0v) is 14.7. The molecule has 0 aliphatic carbocycles. The highest BCUT2D eigenvalue weighted by Gasteiger charge is 2.19. The Morgan fingerprint density at radius 3 is 2.50 bits per heavy atom. The molecule has 0 heterocycles. The van der Waals surface area contributed by atoms with E-state index in [1.54, 1.807) is 42.5 Å². The van der Waals surface area contributed by atoms with E-state index >= 15 is 0 Å². The van der Waals surface area contributed by atoms with Crippen LogP contribution in [0.3, 0.4) is 0 Å². The number of halogens is 1. The van der Waals surface area contributed by atoms with Crippen LogP contribution in [0.5, 0.6) is 5.75 Å². The van der Waals surface area contributed by atoms with Crippen LogP contribution >= 0.6 is 15.9 Å². The smallest absolute Gasteiger partial charge is 0.305 e. The lowest BCUT2D eigenvalue weighted by Crippen LogP contribution is -2.30. The van der Waals surface area contributed by atoms with E-state index in [1.165, 1.54) is 0 Å². The fraction of sp³-hybridized carbons (Fsp3) is 0.222. The van der Waals surface area contributed by atoms with Crippen molar-refractivity contribution >= 4 is 27.8 Å². The first-order valence-corrected chi connectivity index (χ1v) is 8.30. The van der Waals surface area contributed by atoms with E-state index in [0.29, 0.717) is 23.5 Å². The third-order valence-corrected chi connectivity index (χ3v) is 3.86. The summed E-state index contributed by atoms with van der Waals surface area (Å²) in [5.41, 5.74) is 1.18. The molecule has 5 nitrogen and oxygen atoms in total. The van der Waals surface area contributed by atoms with Gasteiger partial charge in [0.1, 0.15) is 5.75 Å². The molecule has 1 unspecified atom stereocenters. The number of carbonyl (C=O) groups excluding carboxylic acids is 1. The van der Waals surface area contributed by atoms with Crippen LogP contribution < -0.4 is 10.1 Å². The molecule has 0 aliphatic heterocycles. The van der Waals surface area contributed by atoms with Gasteiger partial charge in [-0.3, -0.25) is 9.59 Å². The standard InChI is InChI=1S/C18H18BrNO4/c1-2-24-15-8-6-12(7-9-15)16(11-17(21)22)20-18(23)13-4-3-5-14(19)10-13/h3-10,16H,2,11H2,1H3,(H,20,23)(H,21,22). The summed E-state index contributed by atoms with van der Waals surface area (Å²) in [4.78, 5) is 23.5. The molecule has 0 saturated heterocycles. The van der Waals surface area contributed by atoms with E-state index in [9.17, 15) is 9.59 Å². The minimum atomic E-state index is -0.983. The van der Waals surface area contributed by atoms with Crippen LogP contribution in [-0.2, 0) is 4.79 Å². The van der Waals surface area contributed by atoms with E-state index in [4.69, 9.17) is 9.84 Å². The molecule has 0 aliphatic rings. The second-order valence-electron chi connectivity index (χ2n) is 5.14. The molecule has 0 bridgehead atoms. The molecule has 2 aromatic carbocycles. The Bertz CT molecular complexity index is 715. The summed E-state index contributed by atoms with van der Waals surface area (Å²) in [6.45, 7) is 2.44. The number of amides is 1. The fourth-order valence-corrected chi connectivity index (χ4v) is 2.66. The number of rotatable bonds is 7. The van der Waals surface area contributed by atoms with Gasteiger partial charge in [-0.1, -0.05) is 34.1 Å². The highest BCUT2D eigenvalue weighted by molar-refractivity contribution is 9.10. The Labute approximate surface area is 148 Å². The number of nitrogens with one attached hydrogen (secondary N) is 1. The number of carboxylic acid groups (broad SMARTS) is 1. The minimum Gasteiger partial charge on any atom is -0.494 e. The average molecular weight is 392 g/mol. The Morgan fingerprint density at radius 2 is 1.92 bits per heavy atom. The van der Waals surface area contributed by atoms with Gasteiger partial charge < -0.3 is 15.2 Å². The Hall–Kier alpha value is -2.34. The molecule has 0 radical (unpaired) electrons. The molecule has 126 valence electrons. The van der Waals surface area contributed by atoms with Crippen molar-refractivity contribution in [2.24, 2.45) is 0 Å². The molecule has 2 aromatic rings. The predicted octanol–water partition coefficient (Wildman–Crippen LogP) is 3.79. The molecule has 0 saturated carbocycles. The molecular formula is C18H18BrNO4. The summed E-state index contributed by atoms with van der Waals surface area (Å²) in [5.74, 6) is -0.603. The molecule has 1 atom stereocenters. The SMILES string of the molecule is CCOc1ccc(C(CC(=O)O)NC(=O)c2cccc(Br)c2)cc1. The molecule has 6 heteroatoms. The summed E-state index contributed by atoms with van der Waals surface area (Å²) in [7, 11) is 0. The van der Waals surface area contributed by atoms with E-state index in [-0.39, 0.29) is 12.3 Å².